The van der Waals surface area contributed by atoms with Crippen molar-refractivity contribution in [3.8, 4) is 5.75 Å². The van der Waals surface area contributed by atoms with Crippen molar-refractivity contribution in [2.45, 2.75) is 51.5 Å². The van der Waals surface area contributed by atoms with Gasteiger partial charge in [-0.25, -0.2) is 9.18 Å². The topological polar surface area (TPSA) is 84.9 Å². The lowest BCUT2D eigenvalue weighted by atomic mass is 9.97. The number of aliphatic carboxylic acids is 1. The monoisotopic (exact) mass is 431 g/mol. The SMILES string of the molecule is CC(C)OC(Cc1cccc(ONC(=O)C2=C(F)C=C(C(F)(F)F)CC2)c1)C(=O)O. The molecule has 1 aromatic carbocycles. The molecule has 2 rings (SSSR count). The van der Waals surface area contributed by atoms with Crippen molar-refractivity contribution in [1.82, 2.24) is 5.48 Å². The van der Waals surface area contributed by atoms with Crippen LogP contribution in [0.2, 0.25) is 0 Å². The molecule has 1 aliphatic rings. The van der Waals surface area contributed by atoms with Gasteiger partial charge in [0.2, 0.25) is 0 Å². The minimum absolute atomic E-state index is 0.0451. The van der Waals surface area contributed by atoms with Gasteiger partial charge in [-0.1, -0.05) is 12.1 Å². The van der Waals surface area contributed by atoms with Crippen LogP contribution >= 0.6 is 0 Å². The molecular formula is C20H21F4NO5. The molecule has 0 aliphatic heterocycles. The highest BCUT2D eigenvalue weighted by Gasteiger charge is 2.36. The van der Waals surface area contributed by atoms with E-state index >= 15 is 0 Å². The number of nitrogens with one attached hydrogen (secondary N) is 1. The second kappa shape index (κ2) is 9.75. The van der Waals surface area contributed by atoms with E-state index in [2.05, 4.69) is 0 Å². The zero-order valence-electron chi connectivity index (χ0n) is 16.3. The van der Waals surface area contributed by atoms with Crippen molar-refractivity contribution < 1.29 is 41.8 Å². The number of hydrogen-bond acceptors (Lipinski definition) is 4. The van der Waals surface area contributed by atoms with E-state index in [0.29, 0.717) is 11.6 Å². The summed E-state index contributed by atoms with van der Waals surface area (Å²) in [6, 6.07) is 6.13. The zero-order chi connectivity index (χ0) is 22.5. The van der Waals surface area contributed by atoms with Crippen LogP contribution in [0, 0.1) is 0 Å². The predicted molar refractivity (Wildman–Crippen MR) is 98.1 cm³/mol. The highest BCUT2D eigenvalue weighted by molar-refractivity contribution is 5.94. The molecule has 2 N–H and O–H groups in total. The van der Waals surface area contributed by atoms with E-state index in [-0.39, 0.29) is 18.3 Å². The summed E-state index contributed by atoms with van der Waals surface area (Å²) in [4.78, 5) is 28.5. The van der Waals surface area contributed by atoms with Crippen molar-refractivity contribution in [2.24, 2.45) is 0 Å². The number of carbonyl (C=O) groups excluding carboxylic acids is 1. The van der Waals surface area contributed by atoms with Gasteiger partial charge in [-0.15, -0.1) is 0 Å². The van der Waals surface area contributed by atoms with Crippen LogP contribution in [0.1, 0.15) is 32.3 Å². The van der Waals surface area contributed by atoms with Gasteiger partial charge in [0.15, 0.2) is 11.9 Å². The molecule has 1 aliphatic carbocycles. The second-order valence-electron chi connectivity index (χ2n) is 6.89. The molecule has 0 radical (unpaired) electrons. The highest BCUT2D eigenvalue weighted by atomic mass is 19.4. The Balaban J connectivity index is 2.03. The standard InChI is InChI=1S/C20H21F4NO5/c1-11(2)29-17(19(27)28)9-12-4-3-5-14(8-12)30-25-18(26)15-7-6-13(10-16(15)21)20(22,23)24/h3-5,8,10-11,17H,6-7,9H2,1-2H3,(H,25,26)(H,27,28). The van der Waals surface area contributed by atoms with Gasteiger partial charge in [0.1, 0.15) is 5.83 Å². The lowest BCUT2D eigenvalue weighted by Crippen LogP contribution is -2.30. The van der Waals surface area contributed by atoms with Crippen LogP contribution in [-0.2, 0) is 20.7 Å². The number of hydrogen-bond donors (Lipinski definition) is 2. The van der Waals surface area contributed by atoms with E-state index in [1.165, 1.54) is 12.1 Å². The van der Waals surface area contributed by atoms with Crippen LogP contribution < -0.4 is 10.3 Å². The lowest BCUT2D eigenvalue weighted by molar-refractivity contribution is -0.153. The third-order valence-corrected chi connectivity index (χ3v) is 4.16. The number of halogens is 4. The fourth-order valence-corrected chi connectivity index (χ4v) is 2.78. The van der Waals surface area contributed by atoms with E-state index in [9.17, 15) is 32.3 Å². The number of carboxylic acids is 1. The predicted octanol–water partition coefficient (Wildman–Crippen LogP) is 4.02. The minimum Gasteiger partial charge on any atom is -0.479 e. The Kier molecular flexibility index (Phi) is 7.60. The van der Waals surface area contributed by atoms with Crippen molar-refractivity contribution in [1.29, 1.82) is 0 Å². The third kappa shape index (κ3) is 6.58. The molecular weight excluding hydrogens is 410 g/mol. The van der Waals surface area contributed by atoms with Gasteiger partial charge in [-0.2, -0.15) is 18.7 Å². The van der Waals surface area contributed by atoms with Crippen LogP contribution in [0.4, 0.5) is 17.6 Å². The van der Waals surface area contributed by atoms with Crippen molar-refractivity contribution in [3.63, 3.8) is 0 Å². The second-order valence-corrected chi connectivity index (χ2v) is 6.89. The molecule has 0 saturated carbocycles. The van der Waals surface area contributed by atoms with Gasteiger partial charge >= 0.3 is 12.1 Å². The largest absolute Gasteiger partial charge is 0.479 e. The number of carboxylic acid groups (broad SMARTS) is 1. The molecule has 0 bridgehead atoms. The fourth-order valence-electron chi connectivity index (χ4n) is 2.78. The number of benzene rings is 1. The molecule has 6 nitrogen and oxygen atoms in total. The summed E-state index contributed by atoms with van der Waals surface area (Å²) >= 11 is 0. The van der Waals surface area contributed by atoms with Crippen molar-refractivity contribution in [3.05, 3.63) is 52.9 Å². The molecule has 0 spiro atoms. The van der Waals surface area contributed by atoms with Gasteiger partial charge in [-0.3, -0.25) is 4.79 Å². The van der Waals surface area contributed by atoms with Crippen LogP contribution in [-0.4, -0.2) is 35.4 Å². The Morgan fingerprint density at radius 2 is 1.93 bits per heavy atom. The lowest BCUT2D eigenvalue weighted by Gasteiger charge is -2.18. The van der Waals surface area contributed by atoms with Crippen LogP contribution in [0.15, 0.2) is 47.3 Å². The van der Waals surface area contributed by atoms with E-state index in [0.717, 1.165) is 0 Å². The quantitative estimate of drug-likeness (QED) is 0.480. The summed E-state index contributed by atoms with van der Waals surface area (Å²) < 4.78 is 57.1. The van der Waals surface area contributed by atoms with E-state index in [1.54, 1.807) is 26.0 Å². The fraction of sp³-hybridized carbons (Fsp3) is 0.400. The molecule has 0 fully saturated rings. The maximum absolute atomic E-state index is 13.9. The Morgan fingerprint density at radius 1 is 1.23 bits per heavy atom. The third-order valence-electron chi connectivity index (χ3n) is 4.16. The van der Waals surface area contributed by atoms with Gasteiger partial charge in [0.05, 0.1) is 11.7 Å². The van der Waals surface area contributed by atoms with Gasteiger partial charge < -0.3 is 14.7 Å². The number of alkyl halides is 3. The molecule has 10 heteroatoms. The Bertz CT molecular complexity index is 861. The van der Waals surface area contributed by atoms with Crippen LogP contribution in [0.5, 0.6) is 5.75 Å². The molecule has 1 atom stereocenters. The number of allylic oxidation sites excluding steroid dienone is 3. The molecule has 0 aromatic heterocycles. The summed E-state index contributed by atoms with van der Waals surface area (Å²) in [5.41, 5.74) is 1.06. The van der Waals surface area contributed by atoms with E-state index in [4.69, 9.17) is 9.57 Å². The van der Waals surface area contributed by atoms with Crippen LogP contribution in [0.3, 0.4) is 0 Å². The molecule has 1 amide bonds. The highest BCUT2D eigenvalue weighted by Crippen LogP contribution is 2.35. The average molecular weight is 431 g/mol. The van der Waals surface area contributed by atoms with E-state index < -0.39 is 54.0 Å². The molecule has 0 saturated heterocycles. The van der Waals surface area contributed by atoms with Crippen molar-refractivity contribution >= 4 is 11.9 Å². The number of hydroxylamine groups is 1. The first kappa shape index (κ1) is 23.4. The first-order chi connectivity index (χ1) is 14.0. The summed E-state index contributed by atoms with van der Waals surface area (Å²) in [5.74, 6) is -3.26. The van der Waals surface area contributed by atoms with Crippen molar-refractivity contribution in [2.75, 3.05) is 0 Å². The number of carbonyl (C=O) groups is 2. The maximum Gasteiger partial charge on any atom is 0.412 e. The normalized spacial score (nSPS) is 15.6. The molecule has 1 aromatic rings. The molecule has 0 heterocycles. The molecule has 30 heavy (non-hydrogen) atoms. The Morgan fingerprint density at radius 3 is 2.50 bits per heavy atom. The number of ether oxygens (including phenoxy) is 1. The Labute approximate surface area is 170 Å². The zero-order valence-corrected chi connectivity index (χ0v) is 16.3. The summed E-state index contributed by atoms with van der Waals surface area (Å²) in [7, 11) is 0. The molecule has 1 unspecified atom stereocenters. The summed E-state index contributed by atoms with van der Waals surface area (Å²) in [6.45, 7) is 3.41. The van der Waals surface area contributed by atoms with E-state index in [1.807, 2.05) is 5.48 Å². The average Bonchev–Trinajstić information content (AvgIpc) is 2.64. The summed E-state index contributed by atoms with van der Waals surface area (Å²) in [6.07, 6.45) is -6.60. The first-order valence-corrected chi connectivity index (χ1v) is 9.08. The summed E-state index contributed by atoms with van der Waals surface area (Å²) in [5, 5.41) is 9.24. The van der Waals surface area contributed by atoms with Gasteiger partial charge in [0.25, 0.3) is 5.91 Å². The Hall–Kier alpha value is -2.88. The number of amides is 1. The smallest absolute Gasteiger partial charge is 0.412 e. The van der Waals surface area contributed by atoms with Gasteiger partial charge in [0, 0.05) is 12.0 Å². The van der Waals surface area contributed by atoms with Gasteiger partial charge in [-0.05, 0) is 50.5 Å². The first-order valence-electron chi connectivity index (χ1n) is 9.08. The number of rotatable bonds is 8. The molecule has 164 valence electrons. The minimum atomic E-state index is -4.65. The maximum atomic E-state index is 13.9. The van der Waals surface area contributed by atoms with Crippen LogP contribution in [0.25, 0.3) is 0 Å².